The lowest BCUT2D eigenvalue weighted by Crippen LogP contribution is -2.43. The zero-order chi connectivity index (χ0) is 22.1. The maximum atomic E-state index is 12.6. The van der Waals surface area contributed by atoms with Crippen LogP contribution in [0.3, 0.4) is 0 Å². The summed E-state index contributed by atoms with van der Waals surface area (Å²) in [5, 5.41) is 23.2. The normalized spacial score (nSPS) is 12.2. The fourth-order valence-corrected chi connectivity index (χ4v) is 3.71. The summed E-state index contributed by atoms with van der Waals surface area (Å²) < 4.78 is 5.23. The molecule has 8 nitrogen and oxygen atoms in total. The molecule has 1 amide bonds. The van der Waals surface area contributed by atoms with Crippen LogP contribution in [-0.2, 0) is 22.4 Å². The summed E-state index contributed by atoms with van der Waals surface area (Å²) in [4.78, 5) is 39.8. The third-order valence-corrected chi connectivity index (χ3v) is 5.34. The lowest BCUT2D eigenvalue weighted by Gasteiger charge is -2.15. The number of hydrogen-bond acceptors (Lipinski definition) is 5. The van der Waals surface area contributed by atoms with Gasteiger partial charge in [-0.25, -0.2) is 9.59 Å². The van der Waals surface area contributed by atoms with Crippen LogP contribution >= 0.6 is 0 Å². The lowest BCUT2D eigenvalue weighted by atomic mass is 10.0. The van der Waals surface area contributed by atoms with E-state index in [2.05, 4.69) is 10.3 Å². The number of aromatic nitrogens is 1. The molecule has 4 rings (SSSR count). The predicted molar refractivity (Wildman–Crippen MR) is 114 cm³/mol. The number of aromatic hydroxyl groups is 1. The molecular formula is C23H20N2O6. The van der Waals surface area contributed by atoms with Crippen LogP contribution in [0, 0.1) is 6.92 Å². The summed E-state index contributed by atoms with van der Waals surface area (Å²) in [5.74, 6) is -1.81. The molecule has 0 unspecified atom stereocenters. The number of hydrogen-bond donors (Lipinski definition) is 4. The van der Waals surface area contributed by atoms with Gasteiger partial charge in [0.05, 0.1) is 12.0 Å². The molecule has 0 spiro atoms. The fraction of sp³-hybridized carbons (Fsp3) is 0.174. The number of amides is 1. The monoisotopic (exact) mass is 420 g/mol. The first kappa shape index (κ1) is 20.2. The number of phenolic OH excluding ortho intramolecular Hbond substituents is 1. The van der Waals surface area contributed by atoms with Gasteiger partial charge in [-0.1, -0.05) is 18.2 Å². The molecule has 0 aliphatic heterocycles. The third-order valence-electron chi connectivity index (χ3n) is 5.34. The Hall–Kier alpha value is -4.07. The Bertz CT molecular complexity index is 1370. The number of para-hydroxylation sites is 1. The van der Waals surface area contributed by atoms with Gasteiger partial charge in [0.15, 0.2) is 0 Å². The van der Waals surface area contributed by atoms with E-state index in [1.165, 1.54) is 12.1 Å². The Labute approximate surface area is 176 Å². The number of rotatable bonds is 6. The fourth-order valence-electron chi connectivity index (χ4n) is 3.71. The Balaban J connectivity index is 1.56. The molecule has 0 bridgehead atoms. The minimum absolute atomic E-state index is 0.0397. The van der Waals surface area contributed by atoms with Gasteiger partial charge in [0.1, 0.15) is 17.4 Å². The van der Waals surface area contributed by atoms with Crippen LogP contribution in [0.1, 0.15) is 16.7 Å². The SMILES string of the molecule is Cc1c(CC(=O)N[C@H](Cc2c[nH]c3ccccc23)C(=O)O)c(=O)oc2cc(O)ccc12. The van der Waals surface area contributed by atoms with Crippen molar-refractivity contribution >= 4 is 33.7 Å². The summed E-state index contributed by atoms with van der Waals surface area (Å²) in [6.07, 6.45) is 1.50. The highest BCUT2D eigenvalue weighted by Crippen LogP contribution is 2.24. The van der Waals surface area contributed by atoms with Gasteiger partial charge in [-0.05, 0) is 36.2 Å². The number of aliphatic carboxylic acids is 1. The van der Waals surface area contributed by atoms with Crippen LogP contribution in [0.4, 0.5) is 0 Å². The van der Waals surface area contributed by atoms with Gasteiger partial charge in [0.2, 0.25) is 5.91 Å². The average molecular weight is 420 g/mol. The van der Waals surface area contributed by atoms with Crippen LogP contribution in [0.2, 0.25) is 0 Å². The predicted octanol–water partition coefficient (Wildman–Crippen LogP) is 2.64. The molecule has 4 aromatic rings. The van der Waals surface area contributed by atoms with E-state index < -0.39 is 23.5 Å². The highest BCUT2D eigenvalue weighted by Gasteiger charge is 2.23. The molecule has 0 aliphatic rings. The zero-order valence-corrected chi connectivity index (χ0v) is 16.6. The highest BCUT2D eigenvalue weighted by atomic mass is 16.4. The molecule has 31 heavy (non-hydrogen) atoms. The number of H-pyrrole nitrogens is 1. The van der Waals surface area contributed by atoms with E-state index in [1.807, 2.05) is 24.3 Å². The molecule has 2 heterocycles. The summed E-state index contributed by atoms with van der Waals surface area (Å²) in [7, 11) is 0. The van der Waals surface area contributed by atoms with Crippen molar-refractivity contribution in [3.05, 3.63) is 75.8 Å². The number of aromatic amines is 1. The molecule has 1 atom stereocenters. The van der Waals surface area contributed by atoms with E-state index in [4.69, 9.17) is 4.42 Å². The van der Waals surface area contributed by atoms with Crippen molar-refractivity contribution in [3.8, 4) is 5.75 Å². The number of fused-ring (bicyclic) bond motifs is 2. The average Bonchev–Trinajstić information content (AvgIpc) is 3.13. The molecule has 2 aromatic heterocycles. The van der Waals surface area contributed by atoms with E-state index in [0.29, 0.717) is 10.9 Å². The van der Waals surface area contributed by atoms with E-state index in [0.717, 1.165) is 16.5 Å². The van der Waals surface area contributed by atoms with Gasteiger partial charge < -0.3 is 24.9 Å². The van der Waals surface area contributed by atoms with Gasteiger partial charge >= 0.3 is 11.6 Å². The molecule has 4 N–H and O–H groups in total. The first-order chi connectivity index (χ1) is 14.8. The first-order valence-electron chi connectivity index (χ1n) is 9.66. The topological polar surface area (TPSA) is 133 Å². The van der Waals surface area contributed by atoms with Crippen LogP contribution < -0.4 is 10.9 Å². The molecule has 0 radical (unpaired) electrons. The van der Waals surface area contributed by atoms with Crippen molar-refractivity contribution in [3.63, 3.8) is 0 Å². The summed E-state index contributed by atoms with van der Waals surface area (Å²) in [6, 6.07) is 10.7. The van der Waals surface area contributed by atoms with Crippen molar-refractivity contribution in [2.45, 2.75) is 25.8 Å². The first-order valence-corrected chi connectivity index (χ1v) is 9.66. The van der Waals surface area contributed by atoms with Gasteiger partial charge in [-0.2, -0.15) is 0 Å². The van der Waals surface area contributed by atoms with Gasteiger partial charge in [0, 0.05) is 35.0 Å². The highest BCUT2D eigenvalue weighted by molar-refractivity contribution is 5.89. The number of carbonyl (C=O) groups excluding carboxylic acids is 1. The standard InChI is InChI=1S/C23H20N2O6/c1-12-15-7-6-14(26)9-20(15)31-23(30)17(12)10-21(27)25-19(22(28)29)8-13-11-24-18-5-3-2-4-16(13)18/h2-7,9,11,19,24,26H,8,10H2,1H3,(H,25,27)(H,28,29)/t19-/m1/s1. The van der Waals surface area contributed by atoms with Crippen LogP contribution in [-0.4, -0.2) is 33.1 Å². The maximum absolute atomic E-state index is 12.6. The summed E-state index contributed by atoms with van der Waals surface area (Å²) in [6.45, 7) is 1.68. The van der Waals surface area contributed by atoms with Crippen molar-refractivity contribution in [2.24, 2.45) is 0 Å². The quantitative estimate of drug-likeness (QED) is 0.355. The van der Waals surface area contributed by atoms with Gasteiger partial charge in [0.25, 0.3) is 0 Å². The minimum atomic E-state index is -1.17. The summed E-state index contributed by atoms with van der Waals surface area (Å²) >= 11 is 0. The van der Waals surface area contributed by atoms with Crippen molar-refractivity contribution in [1.29, 1.82) is 0 Å². The number of benzene rings is 2. The second-order valence-corrected chi connectivity index (χ2v) is 7.37. The largest absolute Gasteiger partial charge is 0.508 e. The second kappa shape index (κ2) is 7.98. The van der Waals surface area contributed by atoms with Gasteiger partial charge in [-0.3, -0.25) is 4.79 Å². The third kappa shape index (κ3) is 4.00. The molecule has 0 saturated heterocycles. The Morgan fingerprint density at radius 1 is 1.16 bits per heavy atom. The molecule has 0 aliphatic carbocycles. The van der Waals surface area contributed by atoms with Crippen molar-refractivity contribution in [2.75, 3.05) is 0 Å². The van der Waals surface area contributed by atoms with Crippen molar-refractivity contribution < 1.29 is 24.2 Å². The molecule has 8 heteroatoms. The molecule has 0 fully saturated rings. The second-order valence-electron chi connectivity index (χ2n) is 7.37. The van der Waals surface area contributed by atoms with E-state index in [-0.39, 0.29) is 29.7 Å². The molecule has 158 valence electrons. The minimum Gasteiger partial charge on any atom is -0.508 e. The Morgan fingerprint density at radius 3 is 2.71 bits per heavy atom. The van der Waals surface area contributed by atoms with E-state index >= 15 is 0 Å². The maximum Gasteiger partial charge on any atom is 0.340 e. The smallest absolute Gasteiger partial charge is 0.340 e. The van der Waals surface area contributed by atoms with Crippen molar-refractivity contribution in [1.82, 2.24) is 10.3 Å². The van der Waals surface area contributed by atoms with Crippen LogP contribution in [0.25, 0.3) is 21.9 Å². The number of nitrogens with one attached hydrogen (secondary N) is 2. The Morgan fingerprint density at radius 2 is 1.94 bits per heavy atom. The Kier molecular flexibility index (Phi) is 5.21. The number of phenols is 1. The number of carbonyl (C=O) groups is 2. The lowest BCUT2D eigenvalue weighted by molar-refractivity contribution is -0.141. The number of carboxylic acids is 1. The number of carboxylic acid groups (broad SMARTS) is 1. The molecule has 2 aromatic carbocycles. The summed E-state index contributed by atoms with van der Waals surface area (Å²) in [5.41, 5.74) is 1.85. The van der Waals surface area contributed by atoms with E-state index in [1.54, 1.807) is 19.2 Å². The zero-order valence-electron chi connectivity index (χ0n) is 16.6. The van der Waals surface area contributed by atoms with Crippen LogP contribution in [0.5, 0.6) is 5.75 Å². The molecular weight excluding hydrogens is 400 g/mol. The van der Waals surface area contributed by atoms with Gasteiger partial charge in [-0.15, -0.1) is 0 Å². The van der Waals surface area contributed by atoms with E-state index in [9.17, 15) is 24.6 Å². The van der Waals surface area contributed by atoms with Crippen LogP contribution in [0.15, 0.2) is 57.9 Å². The molecule has 0 saturated carbocycles. The number of aryl methyl sites for hydroxylation is 1.